The van der Waals surface area contributed by atoms with Gasteiger partial charge in [0.15, 0.2) is 5.78 Å². The van der Waals surface area contributed by atoms with Gasteiger partial charge >= 0.3 is 60.6 Å². The van der Waals surface area contributed by atoms with Crippen LogP contribution in [0.5, 0.6) is 0 Å². The molecule has 0 aromatic rings. The molecule has 5 amide bonds. The Labute approximate surface area is 825 Å². The number of aliphatic carboxylic acids is 5. The number of nitrogens with one attached hydrogen (secondary N) is 6. The van der Waals surface area contributed by atoms with Crippen molar-refractivity contribution in [2.75, 3.05) is 243 Å². The van der Waals surface area contributed by atoms with Crippen LogP contribution in [0.15, 0.2) is 12.3 Å². The van der Waals surface area contributed by atoms with Crippen molar-refractivity contribution in [3.05, 3.63) is 12.3 Å². The molecular formula is C90H176N16O29S2. The van der Waals surface area contributed by atoms with Crippen molar-refractivity contribution in [2.45, 2.75) is 195 Å². The molecule has 0 aliphatic carbocycles. The van der Waals surface area contributed by atoms with Crippen molar-refractivity contribution >= 4 is 127 Å². The van der Waals surface area contributed by atoms with Crippen LogP contribution in [-0.4, -0.2) is 448 Å². The van der Waals surface area contributed by atoms with Gasteiger partial charge in [0.25, 0.3) is 0 Å². The summed E-state index contributed by atoms with van der Waals surface area (Å²) in [5.74, 6) is -3.52. The highest BCUT2D eigenvalue weighted by Crippen LogP contribution is 2.05. The Morgan fingerprint density at radius 1 is 0.365 bits per heavy atom. The summed E-state index contributed by atoms with van der Waals surface area (Å²) in [4.78, 5) is 236. The number of nitrogens with zero attached hydrogens (tertiary/aromatic N) is 10. The van der Waals surface area contributed by atoms with Gasteiger partial charge in [-0.15, -0.1) is 0 Å². The topological polar surface area (TPSA) is 622 Å². The van der Waals surface area contributed by atoms with Crippen LogP contribution in [0.2, 0.25) is 0 Å². The van der Waals surface area contributed by atoms with E-state index in [4.69, 9.17) is 83.7 Å². The Balaban J connectivity index is -0.000000117. The first-order valence-corrected chi connectivity index (χ1v) is 46.7. The van der Waals surface area contributed by atoms with E-state index >= 15 is 0 Å². The Morgan fingerprint density at radius 2 is 0.657 bits per heavy atom. The third-order valence-electron chi connectivity index (χ3n) is 18.6. The van der Waals surface area contributed by atoms with Crippen LogP contribution >= 0.6 is 25.3 Å². The standard InChI is InChI=1S/C17H30N4O7.C13H23N3O6S.C11H25N3O2.C10H23N3.C9H15N3O4S.5C5H12.5CO2/c1-14(22)10-18-2-4-19(11-15(23)24)6-8-21(13-17(27)28)9-7-20(5-3-18)12-16(25)26;1-3-8(12(21)16-9(4-17)7(2)19)15-13(22)10(5-18)14-11(20)6-23;1-5-14(10-11(15)16)9-8-13(4)7-6-12(2)3;1-4-13-9-7-11(2)5-6-12(3)8-10-13;1-6(10-4-9(15)16)2-11-7(13)3-12-8(14)5-17;5*1-4-5(2)3;5*2-1-3/h2-13H2,1H3,(H,23,24)(H,25,26)(H,27,28);8-10,17-18,23H,3-6H2,1-2H3,(H,14,20)(H,15,22)(H,16,21);5-10H2,1-4H3,(H,15,16);4-10H2,1-3H3;10,17H,1-5H2,(H,11,13)(H,12,14)(H,15,16);5*5H,4H2,1-3H3;;;;;. The lowest BCUT2D eigenvalue weighted by Crippen LogP contribution is -2.56. The first kappa shape index (κ1) is 156. The average molecular weight is 2010 g/mol. The van der Waals surface area contributed by atoms with E-state index in [9.17, 15) is 57.5 Å². The predicted octanol–water partition coefficient (Wildman–Crippen LogP) is 1.16. The van der Waals surface area contributed by atoms with Crippen molar-refractivity contribution in [3.8, 4) is 0 Å². The van der Waals surface area contributed by atoms with Gasteiger partial charge in [-0.1, -0.05) is 163 Å². The number of ketones is 2. The van der Waals surface area contributed by atoms with Gasteiger partial charge in [0.2, 0.25) is 29.5 Å². The molecule has 2 aliphatic heterocycles. The molecule has 0 aromatic carbocycles. The molecule has 2 heterocycles. The maximum Gasteiger partial charge on any atom is 0.373 e. The van der Waals surface area contributed by atoms with Crippen LogP contribution in [0.4, 0.5) is 0 Å². The van der Waals surface area contributed by atoms with E-state index in [-0.39, 0.29) is 113 Å². The second-order valence-corrected chi connectivity index (χ2v) is 33.3. The quantitative estimate of drug-likeness (QED) is 0.0382. The van der Waals surface area contributed by atoms with E-state index in [1.807, 2.05) is 16.7 Å². The third-order valence-corrected chi connectivity index (χ3v) is 19.1. The molecule has 0 bridgehead atoms. The second kappa shape index (κ2) is 114. The molecule has 13 N–H and O–H groups in total. The lowest BCUT2D eigenvalue weighted by Gasteiger charge is -2.32. The molecular weight excluding hydrogens is 1830 g/mol. The zero-order chi connectivity index (χ0) is 110. The molecule has 0 radical (unpaired) electrons. The van der Waals surface area contributed by atoms with E-state index < -0.39 is 90.6 Å². The number of rotatable bonds is 41. The Hall–Kier alpha value is -9.30. The number of hydrogen-bond donors (Lipinski definition) is 15. The molecule has 2 rings (SSSR count). The smallest absolute Gasteiger partial charge is 0.373 e. The molecule has 2 fully saturated rings. The lowest BCUT2D eigenvalue weighted by molar-refractivity contribution is -0.193. The van der Waals surface area contributed by atoms with Gasteiger partial charge < -0.3 is 92.1 Å². The molecule has 2 saturated heterocycles. The number of aliphatic hydroxyl groups excluding tert-OH is 2. The van der Waals surface area contributed by atoms with Gasteiger partial charge in [-0.25, -0.2) is 0 Å². The van der Waals surface area contributed by atoms with Gasteiger partial charge in [-0.3, -0.25) is 82.0 Å². The highest BCUT2D eigenvalue weighted by Gasteiger charge is 2.28. The summed E-state index contributed by atoms with van der Waals surface area (Å²) in [6, 6.07) is -3.23. The first-order valence-electron chi connectivity index (χ1n) is 45.4. The molecule has 0 aromatic heterocycles. The largest absolute Gasteiger partial charge is 0.480 e. The summed E-state index contributed by atoms with van der Waals surface area (Å²) in [6.45, 7) is 59.8. The molecule has 802 valence electrons. The normalized spacial score (nSPS) is 13.3. The van der Waals surface area contributed by atoms with Gasteiger partial charge in [0, 0.05) is 124 Å². The highest BCUT2D eigenvalue weighted by molar-refractivity contribution is 7.81. The number of Topliss-reactive ketones (excluding diaryl/α,β-unsaturated/α-hetero) is 2. The maximum absolute atomic E-state index is 12.0. The summed E-state index contributed by atoms with van der Waals surface area (Å²) in [7, 11) is 10.6. The van der Waals surface area contributed by atoms with Crippen molar-refractivity contribution in [1.82, 2.24) is 80.9 Å². The van der Waals surface area contributed by atoms with Crippen LogP contribution in [0.1, 0.15) is 177 Å². The number of carbonyl (C=O) groups is 12. The molecule has 47 heteroatoms. The first-order chi connectivity index (χ1) is 64.0. The number of carboxylic acids is 5. The van der Waals surface area contributed by atoms with Crippen molar-refractivity contribution in [1.29, 1.82) is 0 Å². The van der Waals surface area contributed by atoms with E-state index in [1.165, 1.54) is 91.8 Å². The Kier molecular flexibility index (Phi) is 129. The minimum absolute atomic E-state index is 0.0140. The van der Waals surface area contributed by atoms with Gasteiger partial charge in [0.05, 0.1) is 70.5 Å². The van der Waals surface area contributed by atoms with Crippen LogP contribution < -0.4 is 31.9 Å². The number of carbonyl (C=O) groups excluding carboxylic acids is 17. The minimum Gasteiger partial charge on any atom is -0.480 e. The molecule has 0 saturated carbocycles. The fourth-order valence-corrected chi connectivity index (χ4v) is 8.63. The monoisotopic (exact) mass is 2010 g/mol. The SMILES string of the molecule is C=C(CNC(=O)CNC(=O)CS)NCC(=O)O.CC(=O)CN1CCN(CC(=O)O)CCN(CC(=O)O)CCN(CC(=O)O)CC1.CCC(C)C.CCC(C)C.CCC(C)C.CCC(C)C.CCC(C)C.CCC(NC(=O)C(CO)NC(=O)CS)C(=O)NC(CO)C(C)=O.CCN(CCN(C)CCN(C)C)CC(=O)O.CCN1CCN(C)CCN(C)CC1.O=C=O.O=C=O.O=C=O.O=C=O.O=C=O. The van der Waals surface area contributed by atoms with Gasteiger partial charge in [-0.05, 0) is 98.2 Å². The summed E-state index contributed by atoms with van der Waals surface area (Å²) in [5, 5.41) is 76.8. The van der Waals surface area contributed by atoms with Gasteiger partial charge in [-0.2, -0.15) is 73.2 Å². The molecule has 0 spiro atoms. The van der Waals surface area contributed by atoms with E-state index in [2.05, 4.69) is 234 Å². The van der Waals surface area contributed by atoms with Crippen molar-refractivity contribution < 1.29 is 141 Å². The maximum atomic E-state index is 12.0. The highest BCUT2D eigenvalue weighted by atomic mass is 32.1. The number of aliphatic hydroxyl groups is 2. The predicted molar refractivity (Wildman–Crippen MR) is 522 cm³/mol. The Bertz CT molecular complexity index is 2990. The fraction of sp³-hybridized carbons (Fsp3) is 0.789. The second-order valence-electron chi connectivity index (χ2n) is 32.7. The summed E-state index contributed by atoms with van der Waals surface area (Å²) >= 11 is 7.47. The number of hydrogen-bond acceptors (Lipinski definition) is 37. The van der Waals surface area contributed by atoms with Crippen LogP contribution in [0.3, 0.4) is 0 Å². The van der Waals surface area contributed by atoms with Gasteiger partial charge in [0.1, 0.15) is 30.5 Å². The number of likely N-dealkylation sites (N-methyl/N-ethyl adjacent to an activating group) is 6. The lowest BCUT2D eigenvalue weighted by atomic mass is 10.1. The van der Waals surface area contributed by atoms with E-state index in [0.29, 0.717) is 58.1 Å². The molecule has 2 aliphatic rings. The summed E-state index contributed by atoms with van der Waals surface area (Å²) < 4.78 is 0. The Morgan fingerprint density at radius 3 is 0.912 bits per heavy atom. The van der Waals surface area contributed by atoms with Crippen molar-refractivity contribution in [3.63, 3.8) is 0 Å². The molecule has 3 unspecified atom stereocenters. The van der Waals surface area contributed by atoms with Crippen molar-refractivity contribution in [2.24, 2.45) is 29.6 Å². The minimum atomic E-state index is -1.21. The van der Waals surface area contributed by atoms with Crippen LogP contribution in [0.25, 0.3) is 0 Å². The molecule has 3 atom stereocenters. The number of carboxylic acid groups (broad SMARTS) is 5. The third kappa shape index (κ3) is 140. The average Bonchev–Trinajstić information content (AvgIpc) is 1.29. The van der Waals surface area contributed by atoms with Crippen LogP contribution in [-0.2, 0) is 105 Å². The summed E-state index contributed by atoms with van der Waals surface area (Å²) in [6.07, 6.45) is 7.99. The number of amides is 5. The van der Waals surface area contributed by atoms with E-state index in [1.54, 1.807) is 21.6 Å². The number of thiol groups is 2. The van der Waals surface area contributed by atoms with E-state index in [0.717, 1.165) is 62.3 Å². The zero-order valence-electron chi connectivity index (χ0n) is 86.7. The zero-order valence-corrected chi connectivity index (χ0v) is 88.5. The summed E-state index contributed by atoms with van der Waals surface area (Å²) in [5.41, 5.74) is 0.376. The van der Waals surface area contributed by atoms with Crippen LogP contribution in [0, 0.1) is 29.6 Å². The molecule has 137 heavy (non-hydrogen) atoms. The fourth-order valence-electron chi connectivity index (χ4n) is 8.43. The molecule has 45 nitrogen and oxygen atoms in total.